The average Bonchev–Trinajstić information content (AvgIpc) is 2.37. The van der Waals surface area contributed by atoms with Gasteiger partial charge in [0.1, 0.15) is 0 Å². The standard InChI is InChI=1S/C13H20N2O3S/c1-5-10-19(17,18)15(4)13-8-6-12(7-9-13)14(3)11(2)16/h6-9H,5,10H2,1-4H3. The lowest BCUT2D eigenvalue weighted by atomic mass is 10.2. The Hall–Kier alpha value is -1.56. The molecular formula is C13H20N2O3S. The fraction of sp³-hybridized carbons (Fsp3) is 0.462. The van der Waals surface area contributed by atoms with E-state index in [1.165, 1.54) is 23.2 Å². The van der Waals surface area contributed by atoms with Crippen molar-refractivity contribution in [2.45, 2.75) is 20.3 Å². The van der Waals surface area contributed by atoms with Crippen LogP contribution in [0.1, 0.15) is 20.3 Å². The van der Waals surface area contributed by atoms with Crippen LogP contribution in [0.2, 0.25) is 0 Å². The molecule has 0 heterocycles. The molecule has 5 nitrogen and oxygen atoms in total. The highest BCUT2D eigenvalue weighted by atomic mass is 32.2. The maximum atomic E-state index is 11.9. The number of carbonyl (C=O) groups is 1. The highest BCUT2D eigenvalue weighted by Crippen LogP contribution is 2.21. The number of anilines is 2. The molecule has 0 fully saturated rings. The quantitative estimate of drug-likeness (QED) is 0.829. The summed E-state index contributed by atoms with van der Waals surface area (Å²) < 4.78 is 25.1. The average molecular weight is 284 g/mol. The minimum absolute atomic E-state index is 0.0697. The second-order valence-electron chi connectivity index (χ2n) is 4.38. The molecule has 1 amide bonds. The molecule has 0 radical (unpaired) electrons. The fourth-order valence-electron chi connectivity index (χ4n) is 1.62. The molecule has 0 atom stereocenters. The monoisotopic (exact) mass is 284 g/mol. The Balaban J connectivity index is 2.96. The van der Waals surface area contributed by atoms with Crippen molar-refractivity contribution in [3.63, 3.8) is 0 Å². The summed E-state index contributed by atoms with van der Waals surface area (Å²) in [5.41, 5.74) is 1.33. The van der Waals surface area contributed by atoms with Gasteiger partial charge in [0.05, 0.1) is 11.4 Å². The third kappa shape index (κ3) is 3.70. The first-order chi connectivity index (χ1) is 8.79. The SMILES string of the molecule is CCCS(=O)(=O)N(C)c1ccc(N(C)C(C)=O)cc1. The van der Waals surface area contributed by atoms with Gasteiger partial charge < -0.3 is 4.90 Å². The van der Waals surface area contributed by atoms with Crippen molar-refractivity contribution in [1.29, 1.82) is 0 Å². The lowest BCUT2D eigenvalue weighted by Crippen LogP contribution is -2.29. The van der Waals surface area contributed by atoms with Crippen LogP contribution in [0.3, 0.4) is 0 Å². The molecule has 0 spiro atoms. The number of nitrogens with zero attached hydrogens (tertiary/aromatic N) is 2. The molecule has 1 rings (SSSR count). The van der Waals surface area contributed by atoms with Gasteiger partial charge >= 0.3 is 0 Å². The van der Waals surface area contributed by atoms with Gasteiger partial charge in [0.2, 0.25) is 15.9 Å². The summed E-state index contributed by atoms with van der Waals surface area (Å²) in [5.74, 6) is 0.0539. The lowest BCUT2D eigenvalue weighted by Gasteiger charge is -2.21. The van der Waals surface area contributed by atoms with Crippen molar-refractivity contribution in [3.05, 3.63) is 24.3 Å². The number of amides is 1. The van der Waals surface area contributed by atoms with E-state index in [2.05, 4.69) is 0 Å². The number of benzene rings is 1. The van der Waals surface area contributed by atoms with Crippen LogP contribution in [0, 0.1) is 0 Å². The Labute approximate surface area is 114 Å². The van der Waals surface area contributed by atoms with Crippen molar-refractivity contribution >= 4 is 27.3 Å². The largest absolute Gasteiger partial charge is 0.316 e. The molecular weight excluding hydrogens is 264 g/mol. The zero-order chi connectivity index (χ0) is 14.6. The molecule has 1 aromatic carbocycles. The van der Waals surface area contributed by atoms with Crippen LogP contribution in [0.15, 0.2) is 24.3 Å². The summed E-state index contributed by atoms with van der Waals surface area (Å²) in [6.45, 7) is 3.31. The Bertz CT molecular complexity index is 538. The topological polar surface area (TPSA) is 57.7 Å². The zero-order valence-corrected chi connectivity index (χ0v) is 12.6. The Morgan fingerprint density at radius 3 is 2.00 bits per heavy atom. The molecule has 0 aromatic heterocycles. The first-order valence-corrected chi connectivity index (χ1v) is 7.71. The highest BCUT2D eigenvalue weighted by Gasteiger charge is 2.17. The number of hydrogen-bond acceptors (Lipinski definition) is 3. The first kappa shape index (κ1) is 15.5. The van der Waals surface area contributed by atoms with Gasteiger partial charge in [-0.1, -0.05) is 6.92 Å². The van der Waals surface area contributed by atoms with Crippen molar-refractivity contribution < 1.29 is 13.2 Å². The third-order valence-corrected chi connectivity index (χ3v) is 4.92. The van der Waals surface area contributed by atoms with Crippen LogP contribution in [0.4, 0.5) is 11.4 Å². The van der Waals surface area contributed by atoms with E-state index in [0.717, 1.165) is 5.69 Å². The molecule has 0 aliphatic carbocycles. The van der Waals surface area contributed by atoms with Crippen LogP contribution in [0.5, 0.6) is 0 Å². The highest BCUT2D eigenvalue weighted by molar-refractivity contribution is 7.92. The van der Waals surface area contributed by atoms with Gasteiger partial charge in [0.25, 0.3) is 0 Å². The van der Waals surface area contributed by atoms with Crippen molar-refractivity contribution in [3.8, 4) is 0 Å². The normalized spacial score (nSPS) is 11.2. The predicted molar refractivity (Wildman–Crippen MR) is 78.0 cm³/mol. The fourth-order valence-corrected chi connectivity index (χ4v) is 2.86. The van der Waals surface area contributed by atoms with E-state index in [1.807, 2.05) is 6.92 Å². The summed E-state index contributed by atoms with van der Waals surface area (Å²) in [6, 6.07) is 6.85. The van der Waals surface area contributed by atoms with Gasteiger partial charge in [-0.05, 0) is 30.7 Å². The minimum atomic E-state index is -3.26. The third-order valence-electron chi connectivity index (χ3n) is 2.95. The van der Waals surface area contributed by atoms with Crippen LogP contribution >= 0.6 is 0 Å². The molecule has 6 heteroatoms. The van der Waals surface area contributed by atoms with Gasteiger partial charge in [-0.3, -0.25) is 9.10 Å². The molecule has 0 unspecified atom stereocenters. The second kappa shape index (κ2) is 6.06. The van der Waals surface area contributed by atoms with Crippen LogP contribution in [-0.2, 0) is 14.8 Å². The Kier molecular flexibility index (Phi) is 4.94. The molecule has 1 aromatic rings. The van der Waals surface area contributed by atoms with Crippen molar-refractivity contribution in [1.82, 2.24) is 0 Å². The van der Waals surface area contributed by atoms with E-state index in [0.29, 0.717) is 12.1 Å². The predicted octanol–water partition coefficient (Wildman–Crippen LogP) is 1.85. The van der Waals surface area contributed by atoms with E-state index in [4.69, 9.17) is 0 Å². The van der Waals surface area contributed by atoms with Gasteiger partial charge in [-0.25, -0.2) is 8.42 Å². The first-order valence-electron chi connectivity index (χ1n) is 6.10. The smallest absolute Gasteiger partial charge is 0.234 e. The lowest BCUT2D eigenvalue weighted by molar-refractivity contribution is -0.116. The van der Waals surface area contributed by atoms with E-state index in [9.17, 15) is 13.2 Å². The van der Waals surface area contributed by atoms with Gasteiger partial charge in [0, 0.05) is 26.7 Å². The number of sulfonamides is 1. The molecule has 0 saturated carbocycles. The second-order valence-corrected chi connectivity index (χ2v) is 6.50. The number of hydrogen-bond donors (Lipinski definition) is 0. The summed E-state index contributed by atoms with van der Waals surface area (Å²) in [4.78, 5) is 12.7. The Morgan fingerprint density at radius 1 is 1.11 bits per heavy atom. The van der Waals surface area contributed by atoms with Crippen LogP contribution in [-0.4, -0.2) is 34.2 Å². The molecule has 0 aliphatic heterocycles. The van der Waals surface area contributed by atoms with E-state index >= 15 is 0 Å². The molecule has 19 heavy (non-hydrogen) atoms. The van der Waals surface area contributed by atoms with Crippen molar-refractivity contribution in [2.75, 3.05) is 29.1 Å². The van der Waals surface area contributed by atoms with Gasteiger partial charge in [-0.2, -0.15) is 0 Å². The van der Waals surface area contributed by atoms with E-state index in [-0.39, 0.29) is 11.7 Å². The molecule has 0 bridgehead atoms. The van der Waals surface area contributed by atoms with Crippen LogP contribution < -0.4 is 9.21 Å². The number of rotatable bonds is 5. The maximum absolute atomic E-state index is 11.9. The maximum Gasteiger partial charge on any atom is 0.234 e. The molecule has 106 valence electrons. The van der Waals surface area contributed by atoms with E-state index < -0.39 is 10.0 Å². The molecule has 0 N–H and O–H groups in total. The summed E-state index contributed by atoms with van der Waals surface area (Å²) in [7, 11) is -0.0482. The zero-order valence-electron chi connectivity index (χ0n) is 11.8. The summed E-state index contributed by atoms with van der Waals surface area (Å²) >= 11 is 0. The van der Waals surface area contributed by atoms with Gasteiger partial charge in [-0.15, -0.1) is 0 Å². The summed E-state index contributed by atoms with van der Waals surface area (Å²) in [5, 5.41) is 0. The summed E-state index contributed by atoms with van der Waals surface area (Å²) in [6.07, 6.45) is 0.581. The molecule has 0 aliphatic rings. The minimum Gasteiger partial charge on any atom is -0.316 e. The van der Waals surface area contributed by atoms with E-state index in [1.54, 1.807) is 31.3 Å². The molecule has 0 saturated heterocycles. The Morgan fingerprint density at radius 2 is 1.58 bits per heavy atom. The number of carbonyl (C=O) groups excluding carboxylic acids is 1. The van der Waals surface area contributed by atoms with Crippen LogP contribution in [0.25, 0.3) is 0 Å². The van der Waals surface area contributed by atoms with Gasteiger partial charge in [0.15, 0.2) is 0 Å². The van der Waals surface area contributed by atoms with Crippen molar-refractivity contribution in [2.24, 2.45) is 0 Å².